The summed E-state index contributed by atoms with van der Waals surface area (Å²) in [5, 5.41) is 9.78. The highest BCUT2D eigenvalue weighted by Gasteiger charge is 2.29. The van der Waals surface area contributed by atoms with Gasteiger partial charge in [0.1, 0.15) is 6.10 Å². The molecular formula is C12H20O3. The maximum atomic E-state index is 10.8. The Hall–Kier alpha value is -1.09. The van der Waals surface area contributed by atoms with Crippen molar-refractivity contribution in [2.45, 2.75) is 45.3 Å². The minimum absolute atomic E-state index is 0.383. The molecule has 15 heavy (non-hydrogen) atoms. The van der Waals surface area contributed by atoms with Crippen molar-refractivity contribution in [2.24, 2.45) is 0 Å². The number of esters is 1. The molecule has 0 aromatic carbocycles. The van der Waals surface area contributed by atoms with E-state index in [9.17, 15) is 9.90 Å². The van der Waals surface area contributed by atoms with Gasteiger partial charge in [-0.15, -0.1) is 0 Å². The van der Waals surface area contributed by atoms with E-state index in [1.54, 1.807) is 19.9 Å². The second-order valence-corrected chi connectivity index (χ2v) is 4.15. The van der Waals surface area contributed by atoms with Crippen molar-refractivity contribution in [3.8, 4) is 0 Å². The van der Waals surface area contributed by atoms with Crippen molar-refractivity contribution in [1.82, 2.24) is 0 Å². The summed E-state index contributed by atoms with van der Waals surface area (Å²) in [5.74, 6) is -0.383. The van der Waals surface area contributed by atoms with Crippen LogP contribution in [-0.2, 0) is 9.53 Å². The molecule has 0 aliphatic rings. The van der Waals surface area contributed by atoms with E-state index in [-0.39, 0.29) is 5.97 Å². The standard InChI is InChI=1S/C12H20O3/c1-6-9(2)7-8-11(12(4,5)14)15-10(3)13/h6,11,14H,1-2,7-8H2,3-5H3/t11-/m1/s1. The molecule has 0 fully saturated rings. The van der Waals surface area contributed by atoms with E-state index < -0.39 is 11.7 Å². The van der Waals surface area contributed by atoms with Gasteiger partial charge in [-0.05, 0) is 26.7 Å². The van der Waals surface area contributed by atoms with E-state index >= 15 is 0 Å². The lowest BCUT2D eigenvalue weighted by Crippen LogP contribution is -2.39. The molecule has 0 amide bonds. The molecule has 3 nitrogen and oxygen atoms in total. The first kappa shape index (κ1) is 13.9. The Balaban J connectivity index is 4.32. The van der Waals surface area contributed by atoms with E-state index in [0.29, 0.717) is 12.8 Å². The average Bonchev–Trinajstić information content (AvgIpc) is 2.09. The zero-order chi connectivity index (χ0) is 12.1. The van der Waals surface area contributed by atoms with Gasteiger partial charge in [0.15, 0.2) is 0 Å². The normalized spacial score (nSPS) is 13.1. The molecule has 0 aromatic heterocycles. The second kappa shape index (κ2) is 5.71. The van der Waals surface area contributed by atoms with Gasteiger partial charge in [-0.3, -0.25) is 4.79 Å². The number of carbonyl (C=O) groups excluding carboxylic acids is 1. The lowest BCUT2D eigenvalue weighted by molar-refractivity contribution is -0.159. The fourth-order valence-electron chi connectivity index (χ4n) is 1.18. The van der Waals surface area contributed by atoms with Crippen LogP contribution in [0.15, 0.2) is 24.8 Å². The first-order valence-corrected chi connectivity index (χ1v) is 4.97. The number of ether oxygens (including phenoxy) is 1. The number of carbonyl (C=O) groups is 1. The van der Waals surface area contributed by atoms with Crippen LogP contribution in [0.2, 0.25) is 0 Å². The van der Waals surface area contributed by atoms with Gasteiger partial charge in [0.25, 0.3) is 0 Å². The van der Waals surface area contributed by atoms with Crippen LogP contribution in [0.25, 0.3) is 0 Å². The SMILES string of the molecule is C=CC(=C)CC[C@@H](OC(C)=O)C(C)(C)O. The third kappa shape index (κ3) is 6.07. The van der Waals surface area contributed by atoms with Gasteiger partial charge in [-0.25, -0.2) is 0 Å². The summed E-state index contributed by atoms with van der Waals surface area (Å²) in [6, 6.07) is 0. The molecule has 0 saturated carbocycles. The summed E-state index contributed by atoms with van der Waals surface area (Å²) >= 11 is 0. The van der Waals surface area contributed by atoms with E-state index in [1.807, 2.05) is 0 Å². The summed E-state index contributed by atoms with van der Waals surface area (Å²) in [4.78, 5) is 10.8. The molecule has 0 aromatic rings. The van der Waals surface area contributed by atoms with Gasteiger partial charge < -0.3 is 9.84 Å². The molecule has 0 heterocycles. The van der Waals surface area contributed by atoms with Crippen LogP contribution in [0, 0.1) is 0 Å². The van der Waals surface area contributed by atoms with Crippen LogP contribution < -0.4 is 0 Å². The lowest BCUT2D eigenvalue weighted by atomic mass is 9.95. The molecule has 86 valence electrons. The molecule has 0 radical (unpaired) electrons. The Labute approximate surface area is 91.4 Å². The average molecular weight is 212 g/mol. The molecule has 3 heteroatoms. The topological polar surface area (TPSA) is 46.5 Å². The number of hydrogen-bond donors (Lipinski definition) is 1. The first-order valence-electron chi connectivity index (χ1n) is 4.97. The van der Waals surface area contributed by atoms with Gasteiger partial charge in [0.2, 0.25) is 0 Å². The van der Waals surface area contributed by atoms with Crippen molar-refractivity contribution >= 4 is 5.97 Å². The van der Waals surface area contributed by atoms with Crippen LogP contribution in [0.3, 0.4) is 0 Å². The van der Waals surface area contributed by atoms with E-state index in [1.165, 1.54) is 6.92 Å². The summed E-state index contributed by atoms with van der Waals surface area (Å²) < 4.78 is 5.05. The quantitative estimate of drug-likeness (QED) is 0.542. The number of hydrogen-bond acceptors (Lipinski definition) is 3. The monoisotopic (exact) mass is 212 g/mol. The maximum Gasteiger partial charge on any atom is 0.303 e. The molecule has 0 unspecified atom stereocenters. The highest BCUT2D eigenvalue weighted by Crippen LogP contribution is 2.20. The summed E-state index contributed by atoms with van der Waals surface area (Å²) in [7, 11) is 0. The number of aliphatic hydroxyl groups is 1. The van der Waals surface area contributed by atoms with Crippen molar-refractivity contribution in [3.05, 3.63) is 24.8 Å². The molecule has 1 N–H and O–H groups in total. The molecule has 0 saturated heterocycles. The van der Waals surface area contributed by atoms with Crippen molar-refractivity contribution in [1.29, 1.82) is 0 Å². The van der Waals surface area contributed by atoms with E-state index in [2.05, 4.69) is 13.2 Å². The Morgan fingerprint density at radius 1 is 1.60 bits per heavy atom. The van der Waals surface area contributed by atoms with Gasteiger partial charge in [0.05, 0.1) is 5.60 Å². The van der Waals surface area contributed by atoms with Crippen molar-refractivity contribution in [3.63, 3.8) is 0 Å². The molecule has 0 rings (SSSR count). The van der Waals surface area contributed by atoms with Crippen LogP contribution in [0.4, 0.5) is 0 Å². The number of allylic oxidation sites excluding steroid dienone is 2. The fourth-order valence-corrected chi connectivity index (χ4v) is 1.18. The summed E-state index contributed by atoms with van der Waals surface area (Å²) in [6.07, 6.45) is 2.36. The summed E-state index contributed by atoms with van der Waals surface area (Å²) in [6.45, 7) is 11.9. The van der Waals surface area contributed by atoms with Gasteiger partial charge in [-0.2, -0.15) is 0 Å². The smallest absolute Gasteiger partial charge is 0.303 e. The van der Waals surface area contributed by atoms with Crippen molar-refractivity contribution in [2.75, 3.05) is 0 Å². The highest BCUT2D eigenvalue weighted by molar-refractivity contribution is 5.66. The second-order valence-electron chi connectivity index (χ2n) is 4.15. The van der Waals surface area contributed by atoms with Gasteiger partial charge in [0, 0.05) is 6.92 Å². The predicted octanol–water partition coefficient (Wildman–Crippen LogP) is 2.21. The zero-order valence-corrected chi connectivity index (χ0v) is 9.75. The maximum absolute atomic E-state index is 10.8. The van der Waals surface area contributed by atoms with Crippen LogP contribution in [0.1, 0.15) is 33.6 Å². The Morgan fingerprint density at radius 2 is 2.13 bits per heavy atom. The first-order chi connectivity index (χ1) is 6.77. The molecule has 0 aliphatic carbocycles. The predicted molar refractivity (Wildman–Crippen MR) is 60.4 cm³/mol. The molecule has 0 aliphatic heterocycles. The Morgan fingerprint density at radius 3 is 2.47 bits per heavy atom. The number of rotatable bonds is 6. The fraction of sp³-hybridized carbons (Fsp3) is 0.583. The Bertz CT molecular complexity index is 248. The minimum atomic E-state index is -1.03. The molecule has 0 spiro atoms. The zero-order valence-electron chi connectivity index (χ0n) is 9.75. The van der Waals surface area contributed by atoms with Gasteiger partial charge in [-0.1, -0.05) is 24.8 Å². The van der Waals surface area contributed by atoms with Crippen LogP contribution >= 0.6 is 0 Å². The highest BCUT2D eigenvalue weighted by atomic mass is 16.6. The third-order valence-electron chi connectivity index (χ3n) is 2.11. The molecular weight excluding hydrogens is 192 g/mol. The van der Waals surface area contributed by atoms with E-state index in [0.717, 1.165) is 5.57 Å². The minimum Gasteiger partial charge on any atom is -0.460 e. The van der Waals surface area contributed by atoms with E-state index in [4.69, 9.17) is 4.74 Å². The molecule has 0 bridgehead atoms. The third-order valence-corrected chi connectivity index (χ3v) is 2.11. The van der Waals surface area contributed by atoms with Crippen molar-refractivity contribution < 1.29 is 14.6 Å². The largest absolute Gasteiger partial charge is 0.460 e. The summed E-state index contributed by atoms with van der Waals surface area (Å²) in [5.41, 5.74) is -0.163. The van der Waals surface area contributed by atoms with Crippen LogP contribution in [0.5, 0.6) is 0 Å². The van der Waals surface area contributed by atoms with Gasteiger partial charge >= 0.3 is 5.97 Å². The van der Waals surface area contributed by atoms with Crippen LogP contribution in [-0.4, -0.2) is 22.8 Å². The Kier molecular flexibility index (Phi) is 5.29. The molecule has 1 atom stereocenters. The lowest BCUT2D eigenvalue weighted by Gasteiger charge is -2.28.